The lowest BCUT2D eigenvalue weighted by Gasteiger charge is -2.23. The third-order valence-corrected chi connectivity index (χ3v) is 4.24. The molecule has 0 saturated carbocycles. The summed E-state index contributed by atoms with van der Waals surface area (Å²) in [6.45, 7) is 1.19. The average molecular weight is 311 g/mol. The van der Waals surface area contributed by atoms with Crippen LogP contribution in [0.2, 0.25) is 0 Å². The minimum atomic E-state index is -0.802. The molecule has 21 heavy (non-hydrogen) atoms. The van der Waals surface area contributed by atoms with Crippen LogP contribution < -0.4 is 5.76 Å². The van der Waals surface area contributed by atoms with Crippen molar-refractivity contribution in [1.29, 1.82) is 0 Å². The van der Waals surface area contributed by atoms with Crippen molar-refractivity contribution in [2.24, 2.45) is 0 Å². The van der Waals surface area contributed by atoms with Gasteiger partial charge in [0.2, 0.25) is 0 Å². The maximum absolute atomic E-state index is 11.2. The van der Waals surface area contributed by atoms with E-state index >= 15 is 0 Å². The first kappa shape index (κ1) is 14.2. The number of nitrogens with zero attached hydrogens (tertiary/aromatic N) is 1. The second-order valence-corrected chi connectivity index (χ2v) is 5.76. The standard InChI is InChI=1S/C14H15ClN2O4/c15-9(7-17-5-1-2-11(17)13(18)19)8-3-4-10-12(6-8)21-14(20)16-10/h3-4,6,9,11H,1-2,5,7H2,(H,16,20)(H,18,19). The van der Waals surface area contributed by atoms with E-state index in [2.05, 4.69) is 4.98 Å². The van der Waals surface area contributed by atoms with Crippen molar-refractivity contribution in [2.45, 2.75) is 24.3 Å². The van der Waals surface area contributed by atoms with Gasteiger partial charge in [0.15, 0.2) is 5.58 Å². The van der Waals surface area contributed by atoms with Crippen LogP contribution in [0.15, 0.2) is 27.4 Å². The molecule has 2 aromatic rings. The van der Waals surface area contributed by atoms with E-state index in [1.807, 2.05) is 11.0 Å². The van der Waals surface area contributed by atoms with Crippen molar-refractivity contribution in [3.63, 3.8) is 0 Å². The molecule has 1 aromatic carbocycles. The number of benzene rings is 1. The van der Waals surface area contributed by atoms with Crippen molar-refractivity contribution in [3.8, 4) is 0 Å². The van der Waals surface area contributed by atoms with Gasteiger partial charge in [-0.25, -0.2) is 4.79 Å². The maximum atomic E-state index is 11.2. The first-order valence-electron chi connectivity index (χ1n) is 6.78. The number of halogens is 1. The lowest BCUT2D eigenvalue weighted by molar-refractivity contribution is -0.142. The minimum Gasteiger partial charge on any atom is -0.480 e. The molecule has 1 aliphatic heterocycles. The Morgan fingerprint density at radius 3 is 3.14 bits per heavy atom. The minimum absolute atomic E-state index is 0.352. The Morgan fingerprint density at radius 1 is 1.57 bits per heavy atom. The summed E-state index contributed by atoms with van der Waals surface area (Å²) in [6, 6.07) is 4.82. The predicted octanol–water partition coefficient (Wildman–Crippen LogP) is 1.95. The predicted molar refractivity (Wildman–Crippen MR) is 77.7 cm³/mol. The van der Waals surface area contributed by atoms with E-state index in [1.165, 1.54) is 0 Å². The lowest BCUT2D eigenvalue weighted by atomic mass is 10.1. The van der Waals surface area contributed by atoms with E-state index < -0.39 is 17.8 Å². The Bertz CT molecular complexity index is 723. The molecule has 1 saturated heterocycles. The Labute approximate surface area is 125 Å². The average Bonchev–Trinajstić information content (AvgIpc) is 3.02. The first-order chi connectivity index (χ1) is 10.0. The quantitative estimate of drug-likeness (QED) is 0.843. The van der Waals surface area contributed by atoms with Gasteiger partial charge < -0.3 is 9.52 Å². The van der Waals surface area contributed by atoms with Crippen LogP contribution in [0.25, 0.3) is 11.1 Å². The summed E-state index contributed by atoms with van der Waals surface area (Å²) in [5, 5.41) is 8.82. The molecule has 2 atom stereocenters. The van der Waals surface area contributed by atoms with E-state index in [-0.39, 0.29) is 5.38 Å². The van der Waals surface area contributed by atoms with Gasteiger partial charge in [0.1, 0.15) is 6.04 Å². The number of rotatable bonds is 4. The van der Waals surface area contributed by atoms with Crippen LogP contribution in [0.3, 0.4) is 0 Å². The number of aromatic amines is 1. The van der Waals surface area contributed by atoms with Gasteiger partial charge >= 0.3 is 11.7 Å². The van der Waals surface area contributed by atoms with Gasteiger partial charge in [-0.1, -0.05) is 6.07 Å². The van der Waals surface area contributed by atoms with Gasteiger partial charge in [0.25, 0.3) is 0 Å². The molecule has 6 nitrogen and oxygen atoms in total. The Morgan fingerprint density at radius 2 is 2.38 bits per heavy atom. The number of carbonyl (C=O) groups is 1. The molecule has 0 spiro atoms. The van der Waals surface area contributed by atoms with E-state index in [0.29, 0.717) is 24.1 Å². The van der Waals surface area contributed by atoms with Crippen LogP contribution in [0.1, 0.15) is 23.8 Å². The van der Waals surface area contributed by atoms with Gasteiger partial charge in [0, 0.05) is 6.54 Å². The Kier molecular flexibility index (Phi) is 3.73. The fraction of sp³-hybridized carbons (Fsp3) is 0.429. The number of likely N-dealkylation sites (tertiary alicyclic amines) is 1. The maximum Gasteiger partial charge on any atom is 0.417 e. The second-order valence-electron chi connectivity index (χ2n) is 5.23. The molecule has 0 amide bonds. The molecule has 0 radical (unpaired) electrons. The topological polar surface area (TPSA) is 86.5 Å². The third-order valence-electron chi connectivity index (χ3n) is 3.85. The summed E-state index contributed by atoms with van der Waals surface area (Å²) in [5.74, 6) is -1.30. The zero-order chi connectivity index (χ0) is 15.0. The second kappa shape index (κ2) is 5.54. The van der Waals surface area contributed by atoms with Crippen LogP contribution in [-0.2, 0) is 4.79 Å². The summed E-state index contributed by atoms with van der Waals surface area (Å²) in [6.07, 6.45) is 1.52. The Hall–Kier alpha value is -1.79. The molecule has 1 aliphatic rings. The Balaban J connectivity index is 1.78. The zero-order valence-corrected chi connectivity index (χ0v) is 12.0. The molecule has 2 heterocycles. The highest BCUT2D eigenvalue weighted by atomic mass is 35.5. The van der Waals surface area contributed by atoms with E-state index in [0.717, 1.165) is 18.5 Å². The molecule has 1 aromatic heterocycles. The van der Waals surface area contributed by atoms with Crippen molar-refractivity contribution in [1.82, 2.24) is 9.88 Å². The summed E-state index contributed by atoms with van der Waals surface area (Å²) in [7, 11) is 0. The molecule has 1 fully saturated rings. The van der Waals surface area contributed by atoms with E-state index in [4.69, 9.17) is 16.0 Å². The fourth-order valence-corrected chi connectivity index (χ4v) is 3.11. The fourth-order valence-electron chi connectivity index (χ4n) is 2.79. The summed E-state index contributed by atoms with van der Waals surface area (Å²) >= 11 is 6.40. The number of alkyl halides is 1. The van der Waals surface area contributed by atoms with Crippen LogP contribution >= 0.6 is 11.6 Å². The summed E-state index contributed by atoms with van der Waals surface area (Å²) in [5.41, 5.74) is 1.89. The number of H-pyrrole nitrogens is 1. The van der Waals surface area contributed by atoms with Crippen LogP contribution in [0.4, 0.5) is 0 Å². The van der Waals surface area contributed by atoms with E-state index in [1.54, 1.807) is 12.1 Å². The van der Waals surface area contributed by atoms with Crippen LogP contribution in [-0.4, -0.2) is 40.1 Å². The smallest absolute Gasteiger partial charge is 0.417 e. The third kappa shape index (κ3) is 2.82. The molecular weight excluding hydrogens is 296 g/mol. The molecular formula is C14H15ClN2O4. The lowest BCUT2D eigenvalue weighted by Crippen LogP contribution is -2.37. The molecule has 7 heteroatoms. The van der Waals surface area contributed by atoms with Crippen molar-refractivity contribution >= 4 is 28.7 Å². The summed E-state index contributed by atoms with van der Waals surface area (Å²) < 4.78 is 5.01. The number of carboxylic acid groups (broad SMARTS) is 1. The number of hydrogen-bond acceptors (Lipinski definition) is 4. The van der Waals surface area contributed by atoms with Crippen molar-refractivity contribution in [3.05, 3.63) is 34.3 Å². The van der Waals surface area contributed by atoms with Crippen molar-refractivity contribution in [2.75, 3.05) is 13.1 Å². The SMILES string of the molecule is O=C(O)C1CCCN1CC(Cl)c1ccc2[nH]c(=O)oc2c1. The number of nitrogens with one attached hydrogen (secondary N) is 1. The van der Waals surface area contributed by atoms with E-state index in [9.17, 15) is 14.7 Å². The van der Waals surface area contributed by atoms with Crippen LogP contribution in [0, 0.1) is 0 Å². The molecule has 112 valence electrons. The van der Waals surface area contributed by atoms with Gasteiger partial charge in [0.05, 0.1) is 10.9 Å². The number of hydrogen-bond donors (Lipinski definition) is 2. The number of fused-ring (bicyclic) bond motifs is 1. The number of aliphatic carboxylic acids is 1. The first-order valence-corrected chi connectivity index (χ1v) is 7.22. The molecule has 3 rings (SSSR count). The highest BCUT2D eigenvalue weighted by Crippen LogP contribution is 2.28. The molecule has 2 unspecified atom stereocenters. The molecule has 0 aliphatic carbocycles. The van der Waals surface area contributed by atoms with Gasteiger partial charge in [-0.3, -0.25) is 14.7 Å². The zero-order valence-electron chi connectivity index (χ0n) is 11.2. The van der Waals surface area contributed by atoms with Crippen molar-refractivity contribution < 1.29 is 14.3 Å². The number of aromatic nitrogens is 1. The number of oxazole rings is 1. The largest absolute Gasteiger partial charge is 0.480 e. The highest BCUT2D eigenvalue weighted by molar-refractivity contribution is 6.21. The normalized spacial score (nSPS) is 20.9. The van der Waals surface area contributed by atoms with Crippen LogP contribution in [0.5, 0.6) is 0 Å². The van der Waals surface area contributed by atoms with Gasteiger partial charge in [-0.15, -0.1) is 11.6 Å². The van der Waals surface area contributed by atoms with Gasteiger partial charge in [-0.2, -0.15) is 0 Å². The monoisotopic (exact) mass is 310 g/mol. The summed E-state index contributed by atoms with van der Waals surface area (Å²) in [4.78, 5) is 26.8. The van der Waals surface area contributed by atoms with Gasteiger partial charge in [-0.05, 0) is 37.1 Å². The number of carboxylic acids is 1. The molecule has 0 bridgehead atoms. The molecule has 2 N–H and O–H groups in total. The highest BCUT2D eigenvalue weighted by Gasteiger charge is 2.31.